The van der Waals surface area contributed by atoms with Gasteiger partial charge in [0.15, 0.2) is 18.1 Å². The Balaban J connectivity index is 0.00000312. The van der Waals surface area contributed by atoms with Crippen LogP contribution in [0.4, 0.5) is 13.2 Å². The van der Waals surface area contributed by atoms with E-state index in [1.807, 2.05) is 0 Å². The molecular formula is C16H22ClF3N2O3. The summed E-state index contributed by atoms with van der Waals surface area (Å²) in [5.41, 5.74) is 0.718. The number of hydrogen-bond acceptors (Lipinski definition) is 4. The van der Waals surface area contributed by atoms with Crippen molar-refractivity contribution >= 4 is 18.3 Å². The number of ether oxygens (including phenoxy) is 2. The van der Waals surface area contributed by atoms with Crippen LogP contribution in [-0.4, -0.2) is 38.4 Å². The van der Waals surface area contributed by atoms with Crippen molar-refractivity contribution in [2.24, 2.45) is 0 Å². The van der Waals surface area contributed by atoms with Crippen LogP contribution in [0, 0.1) is 0 Å². The van der Waals surface area contributed by atoms with Gasteiger partial charge in [-0.2, -0.15) is 13.2 Å². The van der Waals surface area contributed by atoms with Crippen LogP contribution in [0.5, 0.6) is 11.5 Å². The number of halogens is 4. The monoisotopic (exact) mass is 382 g/mol. The molecule has 0 spiro atoms. The van der Waals surface area contributed by atoms with Crippen molar-refractivity contribution in [3.8, 4) is 11.5 Å². The molecule has 0 bridgehead atoms. The van der Waals surface area contributed by atoms with Gasteiger partial charge in [-0.3, -0.25) is 4.79 Å². The van der Waals surface area contributed by atoms with Crippen molar-refractivity contribution in [3.05, 3.63) is 23.8 Å². The van der Waals surface area contributed by atoms with Crippen molar-refractivity contribution < 1.29 is 27.4 Å². The van der Waals surface area contributed by atoms with Gasteiger partial charge in [-0.15, -0.1) is 12.4 Å². The Kier molecular flexibility index (Phi) is 8.31. The van der Waals surface area contributed by atoms with Gasteiger partial charge in [0.05, 0.1) is 13.2 Å². The Labute approximate surface area is 150 Å². The number of hydrogen-bond donors (Lipinski definition) is 2. The molecule has 142 valence electrons. The highest BCUT2D eigenvalue weighted by Crippen LogP contribution is 2.29. The summed E-state index contributed by atoms with van der Waals surface area (Å²) < 4.78 is 46.4. The molecule has 1 fully saturated rings. The fourth-order valence-electron chi connectivity index (χ4n) is 2.49. The van der Waals surface area contributed by atoms with Gasteiger partial charge in [-0.1, -0.05) is 12.5 Å². The van der Waals surface area contributed by atoms with E-state index < -0.39 is 12.8 Å². The van der Waals surface area contributed by atoms with Crippen LogP contribution >= 0.6 is 12.4 Å². The molecule has 1 unspecified atom stereocenters. The maximum absolute atomic E-state index is 12.2. The molecule has 1 aliphatic rings. The second-order valence-electron chi connectivity index (χ2n) is 5.61. The fourth-order valence-corrected chi connectivity index (χ4v) is 2.49. The summed E-state index contributed by atoms with van der Waals surface area (Å²) in [6.45, 7) is -0.281. The summed E-state index contributed by atoms with van der Waals surface area (Å²) >= 11 is 0. The number of carbonyl (C=O) groups is 1. The number of piperidine rings is 1. The molecule has 0 saturated carbocycles. The smallest absolute Gasteiger partial charge is 0.422 e. The van der Waals surface area contributed by atoms with E-state index in [-0.39, 0.29) is 42.4 Å². The predicted molar refractivity (Wildman–Crippen MR) is 89.3 cm³/mol. The molecule has 1 heterocycles. The first kappa shape index (κ1) is 21.4. The van der Waals surface area contributed by atoms with E-state index in [2.05, 4.69) is 10.6 Å². The van der Waals surface area contributed by atoms with Crippen molar-refractivity contribution in [2.45, 2.75) is 38.0 Å². The molecule has 1 aromatic carbocycles. The maximum Gasteiger partial charge on any atom is 0.422 e. The second kappa shape index (κ2) is 9.72. The molecule has 5 nitrogen and oxygen atoms in total. The zero-order valence-corrected chi connectivity index (χ0v) is 14.6. The standard InChI is InChI=1S/C16H21F3N2O3.ClH/c1-23-14-8-11(5-6-13(14)24-10-16(17,18)19)9-21-15(22)12-4-2-3-7-20-12;/h5-6,8,12,20H,2-4,7,9-10H2,1H3,(H,21,22);1H. The average Bonchev–Trinajstić information content (AvgIpc) is 2.58. The van der Waals surface area contributed by atoms with Crippen molar-refractivity contribution in [2.75, 3.05) is 20.3 Å². The van der Waals surface area contributed by atoms with Gasteiger partial charge in [0.1, 0.15) is 0 Å². The van der Waals surface area contributed by atoms with Crippen molar-refractivity contribution in [3.63, 3.8) is 0 Å². The summed E-state index contributed by atoms with van der Waals surface area (Å²) in [4.78, 5) is 12.1. The van der Waals surface area contributed by atoms with E-state index in [1.165, 1.54) is 13.2 Å². The third-order valence-corrected chi connectivity index (χ3v) is 3.71. The molecule has 0 aromatic heterocycles. The lowest BCUT2D eigenvalue weighted by molar-refractivity contribution is -0.153. The van der Waals surface area contributed by atoms with Crippen LogP contribution in [0.3, 0.4) is 0 Å². The summed E-state index contributed by atoms with van der Waals surface area (Å²) in [6, 6.07) is 4.38. The average molecular weight is 383 g/mol. The van der Waals surface area contributed by atoms with Gasteiger partial charge in [-0.25, -0.2) is 0 Å². The molecule has 1 aliphatic heterocycles. The first-order valence-electron chi connectivity index (χ1n) is 7.76. The van der Waals surface area contributed by atoms with Gasteiger partial charge in [0.2, 0.25) is 5.91 Å². The topological polar surface area (TPSA) is 59.6 Å². The molecule has 2 N–H and O–H groups in total. The highest BCUT2D eigenvalue weighted by molar-refractivity contribution is 5.85. The molecular weight excluding hydrogens is 361 g/mol. The second-order valence-corrected chi connectivity index (χ2v) is 5.61. The normalized spacial score (nSPS) is 17.4. The Morgan fingerprint density at radius 2 is 2.08 bits per heavy atom. The zero-order valence-electron chi connectivity index (χ0n) is 13.8. The summed E-state index contributed by atoms with van der Waals surface area (Å²) in [6.07, 6.45) is -1.52. The minimum absolute atomic E-state index is 0. The molecule has 0 aliphatic carbocycles. The third-order valence-electron chi connectivity index (χ3n) is 3.71. The first-order valence-corrected chi connectivity index (χ1v) is 7.76. The zero-order chi connectivity index (χ0) is 17.6. The first-order chi connectivity index (χ1) is 11.4. The molecule has 1 saturated heterocycles. The van der Waals surface area contributed by atoms with Crippen LogP contribution in [0.1, 0.15) is 24.8 Å². The highest BCUT2D eigenvalue weighted by atomic mass is 35.5. The van der Waals surface area contributed by atoms with E-state index in [4.69, 9.17) is 9.47 Å². The molecule has 1 amide bonds. The van der Waals surface area contributed by atoms with Gasteiger partial charge in [0, 0.05) is 6.54 Å². The van der Waals surface area contributed by atoms with Gasteiger partial charge in [-0.05, 0) is 37.1 Å². The molecule has 2 rings (SSSR count). The Morgan fingerprint density at radius 1 is 1.32 bits per heavy atom. The Bertz CT molecular complexity index is 564. The Morgan fingerprint density at radius 3 is 2.68 bits per heavy atom. The minimum Gasteiger partial charge on any atom is -0.493 e. The molecule has 0 radical (unpaired) electrons. The number of nitrogens with one attached hydrogen (secondary N) is 2. The number of alkyl halides is 3. The third kappa shape index (κ3) is 6.99. The predicted octanol–water partition coefficient (Wildman–Crippen LogP) is 2.82. The summed E-state index contributed by atoms with van der Waals surface area (Å²) in [5, 5.41) is 5.97. The lowest BCUT2D eigenvalue weighted by Crippen LogP contribution is -2.46. The SMILES string of the molecule is COc1cc(CNC(=O)C2CCCCN2)ccc1OCC(F)(F)F.Cl. The molecule has 1 atom stereocenters. The number of benzene rings is 1. The quantitative estimate of drug-likeness (QED) is 0.794. The largest absolute Gasteiger partial charge is 0.493 e. The maximum atomic E-state index is 12.2. The minimum atomic E-state index is -4.41. The van der Waals surface area contributed by atoms with Crippen LogP contribution < -0.4 is 20.1 Å². The van der Waals surface area contributed by atoms with E-state index in [0.717, 1.165) is 31.4 Å². The lowest BCUT2D eigenvalue weighted by atomic mass is 10.0. The number of methoxy groups -OCH3 is 1. The van der Waals surface area contributed by atoms with Crippen LogP contribution in [-0.2, 0) is 11.3 Å². The van der Waals surface area contributed by atoms with Gasteiger partial charge >= 0.3 is 6.18 Å². The summed E-state index contributed by atoms with van der Waals surface area (Å²) in [5.74, 6) is 0.131. The van der Waals surface area contributed by atoms with Crippen LogP contribution in [0.15, 0.2) is 18.2 Å². The summed E-state index contributed by atoms with van der Waals surface area (Å²) in [7, 11) is 1.35. The lowest BCUT2D eigenvalue weighted by Gasteiger charge is -2.22. The van der Waals surface area contributed by atoms with Crippen LogP contribution in [0.2, 0.25) is 0 Å². The van der Waals surface area contributed by atoms with Crippen molar-refractivity contribution in [1.29, 1.82) is 0 Å². The van der Waals surface area contributed by atoms with Gasteiger partial charge < -0.3 is 20.1 Å². The number of amides is 1. The van der Waals surface area contributed by atoms with E-state index in [9.17, 15) is 18.0 Å². The number of carbonyl (C=O) groups excluding carboxylic acids is 1. The van der Waals surface area contributed by atoms with Gasteiger partial charge in [0.25, 0.3) is 0 Å². The number of rotatable bonds is 6. The molecule has 25 heavy (non-hydrogen) atoms. The highest BCUT2D eigenvalue weighted by Gasteiger charge is 2.29. The Hall–Kier alpha value is -1.67. The van der Waals surface area contributed by atoms with E-state index in [1.54, 1.807) is 12.1 Å². The van der Waals surface area contributed by atoms with E-state index in [0.29, 0.717) is 0 Å². The van der Waals surface area contributed by atoms with E-state index >= 15 is 0 Å². The van der Waals surface area contributed by atoms with Crippen molar-refractivity contribution in [1.82, 2.24) is 10.6 Å². The molecule has 9 heteroatoms. The fraction of sp³-hybridized carbons (Fsp3) is 0.562. The molecule has 1 aromatic rings. The van der Waals surface area contributed by atoms with Crippen LogP contribution in [0.25, 0.3) is 0 Å².